The Labute approximate surface area is 108 Å². The van der Waals surface area contributed by atoms with Crippen molar-refractivity contribution in [2.24, 2.45) is 17.3 Å². The second-order valence-electron chi connectivity index (χ2n) is 7.01. The lowest BCUT2D eigenvalue weighted by Gasteiger charge is -2.46. The highest BCUT2D eigenvalue weighted by molar-refractivity contribution is 4.90. The molecule has 2 rings (SSSR count). The SMILES string of the molecule is CCN1CCC2(CCC(CC(C)C)CC2)CC1. The molecule has 2 fully saturated rings. The first-order chi connectivity index (χ1) is 8.13. The molecule has 1 spiro atoms. The molecule has 2 aliphatic rings. The van der Waals surface area contributed by atoms with Gasteiger partial charge in [0, 0.05) is 0 Å². The summed E-state index contributed by atoms with van der Waals surface area (Å²) >= 11 is 0. The van der Waals surface area contributed by atoms with Crippen LogP contribution in [0.25, 0.3) is 0 Å². The van der Waals surface area contributed by atoms with Gasteiger partial charge in [0.05, 0.1) is 0 Å². The Bertz CT molecular complexity index is 216. The smallest absolute Gasteiger partial charge is 0.00135 e. The quantitative estimate of drug-likeness (QED) is 0.706. The largest absolute Gasteiger partial charge is 0.304 e. The predicted molar refractivity (Wildman–Crippen MR) is 75.2 cm³/mol. The van der Waals surface area contributed by atoms with Crippen LogP contribution in [-0.4, -0.2) is 24.5 Å². The zero-order valence-corrected chi connectivity index (χ0v) is 12.2. The number of likely N-dealkylation sites (tertiary alicyclic amines) is 1. The lowest BCUT2D eigenvalue weighted by atomic mass is 9.64. The topological polar surface area (TPSA) is 3.24 Å². The Balaban J connectivity index is 1.78. The Morgan fingerprint density at radius 1 is 1.06 bits per heavy atom. The fourth-order valence-electron chi connectivity index (χ4n) is 4.04. The molecule has 1 aliphatic heterocycles. The van der Waals surface area contributed by atoms with Crippen molar-refractivity contribution in [3.8, 4) is 0 Å². The minimum atomic E-state index is 0.763. The Morgan fingerprint density at radius 3 is 2.12 bits per heavy atom. The van der Waals surface area contributed by atoms with Gasteiger partial charge in [-0.25, -0.2) is 0 Å². The number of nitrogens with zero attached hydrogens (tertiary/aromatic N) is 1. The normalized spacial score (nSPS) is 26.8. The maximum atomic E-state index is 2.63. The van der Waals surface area contributed by atoms with E-state index in [1.54, 1.807) is 0 Å². The van der Waals surface area contributed by atoms with Crippen LogP contribution in [0, 0.1) is 17.3 Å². The van der Waals surface area contributed by atoms with Crippen molar-refractivity contribution in [2.45, 2.75) is 65.7 Å². The molecule has 0 radical (unpaired) electrons. The fraction of sp³-hybridized carbons (Fsp3) is 1.00. The summed E-state index contributed by atoms with van der Waals surface area (Å²) < 4.78 is 0. The molecule has 1 heterocycles. The van der Waals surface area contributed by atoms with E-state index in [0.29, 0.717) is 0 Å². The Hall–Kier alpha value is -0.0400. The van der Waals surface area contributed by atoms with Crippen molar-refractivity contribution in [1.29, 1.82) is 0 Å². The summed E-state index contributed by atoms with van der Waals surface area (Å²) in [5, 5.41) is 0. The van der Waals surface area contributed by atoms with Gasteiger partial charge in [-0.05, 0) is 81.8 Å². The summed E-state index contributed by atoms with van der Waals surface area (Å²) in [6.07, 6.45) is 10.5. The van der Waals surface area contributed by atoms with Crippen molar-refractivity contribution in [3.63, 3.8) is 0 Å². The lowest BCUT2D eigenvalue weighted by Crippen LogP contribution is -2.41. The molecule has 17 heavy (non-hydrogen) atoms. The van der Waals surface area contributed by atoms with Gasteiger partial charge in [0.2, 0.25) is 0 Å². The van der Waals surface area contributed by atoms with Gasteiger partial charge in [-0.15, -0.1) is 0 Å². The van der Waals surface area contributed by atoms with Gasteiger partial charge in [-0.2, -0.15) is 0 Å². The molecule has 1 saturated carbocycles. The minimum absolute atomic E-state index is 0.763. The molecular weight excluding hydrogens is 206 g/mol. The third-order valence-electron chi connectivity index (χ3n) is 5.33. The van der Waals surface area contributed by atoms with E-state index in [-0.39, 0.29) is 0 Å². The molecule has 100 valence electrons. The zero-order valence-electron chi connectivity index (χ0n) is 12.2. The summed E-state index contributed by atoms with van der Waals surface area (Å²) in [7, 11) is 0. The molecule has 0 atom stereocenters. The lowest BCUT2D eigenvalue weighted by molar-refractivity contribution is 0.0508. The zero-order chi connectivity index (χ0) is 12.3. The van der Waals surface area contributed by atoms with E-state index in [1.165, 1.54) is 64.6 Å². The number of hydrogen-bond acceptors (Lipinski definition) is 1. The Morgan fingerprint density at radius 2 is 1.65 bits per heavy atom. The van der Waals surface area contributed by atoms with Crippen LogP contribution in [0.4, 0.5) is 0 Å². The van der Waals surface area contributed by atoms with Gasteiger partial charge >= 0.3 is 0 Å². The third kappa shape index (κ3) is 3.47. The van der Waals surface area contributed by atoms with E-state index in [4.69, 9.17) is 0 Å². The van der Waals surface area contributed by atoms with Crippen LogP contribution < -0.4 is 0 Å². The van der Waals surface area contributed by atoms with Gasteiger partial charge in [0.1, 0.15) is 0 Å². The van der Waals surface area contributed by atoms with Gasteiger partial charge in [0.25, 0.3) is 0 Å². The second-order valence-corrected chi connectivity index (χ2v) is 7.01. The van der Waals surface area contributed by atoms with Gasteiger partial charge in [-0.3, -0.25) is 0 Å². The predicted octanol–water partition coefficient (Wildman–Crippen LogP) is 4.32. The molecule has 1 saturated heterocycles. The first-order valence-electron chi connectivity index (χ1n) is 7.86. The second kappa shape index (κ2) is 5.73. The minimum Gasteiger partial charge on any atom is -0.304 e. The molecule has 1 heteroatoms. The number of piperidine rings is 1. The first kappa shape index (κ1) is 13.4. The fourth-order valence-corrected chi connectivity index (χ4v) is 4.04. The Kier molecular flexibility index (Phi) is 4.52. The van der Waals surface area contributed by atoms with Crippen molar-refractivity contribution in [1.82, 2.24) is 4.90 Å². The summed E-state index contributed by atoms with van der Waals surface area (Å²) in [6, 6.07) is 0. The summed E-state index contributed by atoms with van der Waals surface area (Å²) in [5.74, 6) is 1.95. The van der Waals surface area contributed by atoms with Crippen LogP contribution >= 0.6 is 0 Å². The molecule has 0 amide bonds. The molecule has 0 N–H and O–H groups in total. The van der Waals surface area contributed by atoms with Gasteiger partial charge < -0.3 is 4.90 Å². The monoisotopic (exact) mass is 237 g/mol. The summed E-state index contributed by atoms with van der Waals surface area (Å²) in [6.45, 7) is 11.1. The van der Waals surface area contributed by atoms with Crippen LogP contribution in [0.1, 0.15) is 65.7 Å². The summed E-state index contributed by atoms with van der Waals surface area (Å²) in [4.78, 5) is 2.63. The number of hydrogen-bond donors (Lipinski definition) is 0. The van der Waals surface area contributed by atoms with E-state index < -0.39 is 0 Å². The highest BCUT2D eigenvalue weighted by atomic mass is 15.1. The van der Waals surface area contributed by atoms with E-state index in [9.17, 15) is 0 Å². The highest BCUT2D eigenvalue weighted by Gasteiger charge is 2.37. The maximum absolute atomic E-state index is 2.63. The molecule has 0 aromatic carbocycles. The summed E-state index contributed by atoms with van der Waals surface area (Å²) in [5.41, 5.74) is 0.763. The molecule has 0 aromatic rings. The van der Waals surface area contributed by atoms with Crippen molar-refractivity contribution in [2.75, 3.05) is 19.6 Å². The third-order valence-corrected chi connectivity index (χ3v) is 5.33. The van der Waals surface area contributed by atoms with E-state index in [2.05, 4.69) is 25.7 Å². The maximum Gasteiger partial charge on any atom is -0.00135 e. The standard InChI is InChI=1S/C16H31N/c1-4-17-11-9-16(10-12-17)7-5-15(6-8-16)13-14(2)3/h14-15H,4-13H2,1-3H3. The van der Waals surface area contributed by atoms with Crippen molar-refractivity contribution >= 4 is 0 Å². The van der Waals surface area contributed by atoms with E-state index >= 15 is 0 Å². The average Bonchev–Trinajstić information content (AvgIpc) is 2.33. The van der Waals surface area contributed by atoms with Crippen LogP contribution in [0.3, 0.4) is 0 Å². The molecule has 1 nitrogen and oxygen atoms in total. The molecule has 0 bridgehead atoms. The average molecular weight is 237 g/mol. The molecule has 0 unspecified atom stereocenters. The molecule has 1 aliphatic carbocycles. The van der Waals surface area contributed by atoms with Gasteiger partial charge in [-0.1, -0.05) is 20.8 Å². The highest BCUT2D eigenvalue weighted by Crippen LogP contribution is 2.47. The van der Waals surface area contributed by atoms with Crippen molar-refractivity contribution < 1.29 is 0 Å². The van der Waals surface area contributed by atoms with Gasteiger partial charge in [0.15, 0.2) is 0 Å². The van der Waals surface area contributed by atoms with Crippen LogP contribution in [0.2, 0.25) is 0 Å². The van der Waals surface area contributed by atoms with Crippen LogP contribution in [0.5, 0.6) is 0 Å². The molecular formula is C16H31N. The first-order valence-corrected chi connectivity index (χ1v) is 7.86. The van der Waals surface area contributed by atoms with Crippen molar-refractivity contribution in [3.05, 3.63) is 0 Å². The molecule has 0 aromatic heterocycles. The number of rotatable bonds is 3. The van der Waals surface area contributed by atoms with Crippen LogP contribution in [0.15, 0.2) is 0 Å². The van der Waals surface area contributed by atoms with E-state index in [1.807, 2.05) is 0 Å². The van der Waals surface area contributed by atoms with E-state index in [0.717, 1.165) is 17.3 Å². The van der Waals surface area contributed by atoms with Crippen LogP contribution in [-0.2, 0) is 0 Å².